The first-order valence-corrected chi connectivity index (χ1v) is 14.4. The number of aliphatic hydroxyl groups is 1. The lowest BCUT2D eigenvalue weighted by Crippen LogP contribution is -2.59. The van der Waals surface area contributed by atoms with Gasteiger partial charge in [-0.2, -0.15) is 0 Å². The standard InChI is InChI=1S/C31H39N3O7/c1-19(2)22(18-35)34-27-29(38)33(17-21-10-6-4-7-11-21)15-9-5-8-12-24(36)32-16-20(3)40-30(39)25-23-13-14-31(27,41-23)26(25)28(34)37/h4-7,9-11,13-14,19-20,22-23,25-27,35H,8,12,15-18H2,1-3H3,(H,32,36)/b9-5-/t20-,22-,23+,25-,26-,27+,31-/m0/s1. The van der Waals surface area contributed by atoms with Crippen molar-refractivity contribution < 1.29 is 33.8 Å². The summed E-state index contributed by atoms with van der Waals surface area (Å²) in [6, 6.07) is 7.82. The molecule has 1 aromatic rings. The number of amides is 3. The van der Waals surface area contributed by atoms with Gasteiger partial charge in [0.15, 0.2) is 0 Å². The summed E-state index contributed by atoms with van der Waals surface area (Å²) >= 11 is 0. The summed E-state index contributed by atoms with van der Waals surface area (Å²) in [5, 5.41) is 13.2. The van der Waals surface area contributed by atoms with Crippen molar-refractivity contribution in [2.75, 3.05) is 19.7 Å². The van der Waals surface area contributed by atoms with Crippen molar-refractivity contribution in [1.82, 2.24) is 15.1 Å². The number of rotatable bonds is 5. The van der Waals surface area contributed by atoms with Crippen LogP contribution in [0, 0.1) is 17.8 Å². The lowest BCUT2D eigenvalue weighted by molar-refractivity contribution is -0.159. The Balaban J connectivity index is 1.59. The molecule has 220 valence electrons. The SMILES string of the molecule is CC(C)[C@H](CO)N1C(=O)[C@@H]2[C@H]3C(=O)O[C@@H](C)CNC(=O)CC/C=C\CN(Cc4ccccc4)C(=O)[C@@H]1[C@]21C=C[C@H]3O1. The number of cyclic esters (lactones) is 1. The molecular formula is C31H39N3O7. The zero-order valence-corrected chi connectivity index (χ0v) is 23.8. The molecule has 4 aliphatic rings. The van der Waals surface area contributed by atoms with Crippen LogP contribution in [0.25, 0.3) is 0 Å². The first kappa shape index (κ1) is 29.0. The number of ether oxygens (including phenoxy) is 2. The van der Waals surface area contributed by atoms with Gasteiger partial charge in [-0.05, 0) is 24.8 Å². The fourth-order valence-electron chi connectivity index (χ4n) is 6.54. The van der Waals surface area contributed by atoms with E-state index in [1.54, 1.807) is 24.0 Å². The Bertz CT molecular complexity index is 1230. The van der Waals surface area contributed by atoms with Gasteiger partial charge in [0.25, 0.3) is 0 Å². The van der Waals surface area contributed by atoms with Gasteiger partial charge in [-0.3, -0.25) is 19.2 Å². The largest absolute Gasteiger partial charge is 0.460 e. The third-order valence-corrected chi connectivity index (χ3v) is 8.59. The number of nitrogens with zero attached hydrogens (tertiary/aromatic N) is 2. The highest BCUT2D eigenvalue weighted by molar-refractivity contribution is 5.99. The molecule has 1 aromatic carbocycles. The van der Waals surface area contributed by atoms with Crippen molar-refractivity contribution in [3.63, 3.8) is 0 Å². The average molecular weight is 566 g/mol. The lowest BCUT2D eigenvalue weighted by Gasteiger charge is -2.40. The Morgan fingerprint density at radius 2 is 1.85 bits per heavy atom. The van der Waals surface area contributed by atoms with Gasteiger partial charge in [-0.25, -0.2) is 0 Å². The van der Waals surface area contributed by atoms with Crippen LogP contribution in [0.5, 0.6) is 0 Å². The minimum absolute atomic E-state index is 0.143. The number of hydrogen-bond acceptors (Lipinski definition) is 7. The van der Waals surface area contributed by atoms with E-state index < -0.39 is 53.6 Å². The number of allylic oxidation sites excluding steroid dienone is 1. The first-order chi connectivity index (χ1) is 19.7. The fourth-order valence-corrected chi connectivity index (χ4v) is 6.54. The van der Waals surface area contributed by atoms with Gasteiger partial charge < -0.3 is 29.7 Å². The predicted octanol–water partition coefficient (Wildman–Crippen LogP) is 1.58. The zero-order valence-electron chi connectivity index (χ0n) is 23.8. The summed E-state index contributed by atoms with van der Waals surface area (Å²) in [6.07, 6.45) is 6.62. The minimum Gasteiger partial charge on any atom is -0.460 e. The maximum absolute atomic E-state index is 14.6. The highest BCUT2D eigenvalue weighted by atomic mass is 16.6. The van der Waals surface area contributed by atoms with Crippen LogP contribution < -0.4 is 5.32 Å². The van der Waals surface area contributed by atoms with E-state index in [0.29, 0.717) is 6.42 Å². The van der Waals surface area contributed by atoms with Crippen molar-refractivity contribution >= 4 is 23.7 Å². The second-order valence-electron chi connectivity index (χ2n) is 11.7. The average Bonchev–Trinajstić information content (AvgIpc) is 3.59. The Labute approximate surface area is 240 Å². The van der Waals surface area contributed by atoms with E-state index in [1.165, 1.54) is 4.90 Å². The molecule has 0 radical (unpaired) electrons. The molecule has 4 heterocycles. The van der Waals surface area contributed by atoms with Crippen molar-refractivity contribution in [1.29, 1.82) is 0 Å². The van der Waals surface area contributed by atoms with Crippen molar-refractivity contribution in [3.8, 4) is 0 Å². The number of fused-ring (bicyclic) bond motifs is 2. The number of nitrogens with one attached hydrogen (secondary N) is 1. The maximum Gasteiger partial charge on any atom is 0.313 e. The van der Waals surface area contributed by atoms with Crippen LogP contribution in [-0.2, 0) is 35.2 Å². The molecule has 2 fully saturated rings. The molecule has 3 amide bonds. The lowest BCUT2D eigenvalue weighted by atomic mass is 9.74. The Morgan fingerprint density at radius 3 is 2.56 bits per heavy atom. The number of benzene rings is 1. The Kier molecular flexibility index (Phi) is 8.33. The molecule has 5 rings (SSSR count). The summed E-state index contributed by atoms with van der Waals surface area (Å²) in [5.74, 6) is -3.59. The third kappa shape index (κ3) is 5.30. The normalized spacial score (nSPS) is 33.6. The third-order valence-electron chi connectivity index (χ3n) is 8.59. The summed E-state index contributed by atoms with van der Waals surface area (Å²) in [6.45, 7) is 5.79. The summed E-state index contributed by atoms with van der Waals surface area (Å²) in [4.78, 5) is 57.9. The molecule has 0 saturated carbocycles. The fraction of sp³-hybridized carbons (Fsp3) is 0.548. The van der Waals surface area contributed by atoms with Gasteiger partial charge in [-0.15, -0.1) is 0 Å². The molecule has 10 heteroatoms. The summed E-state index contributed by atoms with van der Waals surface area (Å²) in [5.41, 5.74) is -0.454. The van der Waals surface area contributed by atoms with Crippen LogP contribution in [0.2, 0.25) is 0 Å². The summed E-state index contributed by atoms with van der Waals surface area (Å²) < 4.78 is 12.1. The van der Waals surface area contributed by atoms with Gasteiger partial charge in [0.05, 0.1) is 31.2 Å². The van der Waals surface area contributed by atoms with Crippen LogP contribution in [0.1, 0.15) is 39.2 Å². The first-order valence-electron chi connectivity index (χ1n) is 14.4. The van der Waals surface area contributed by atoms with Crippen molar-refractivity contribution in [2.45, 2.75) is 70.1 Å². The van der Waals surface area contributed by atoms with E-state index in [0.717, 1.165) is 5.56 Å². The highest BCUT2D eigenvalue weighted by Gasteiger charge is 2.74. The summed E-state index contributed by atoms with van der Waals surface area (Å²) in [7, 11) is 0. The van der Waals surface area contributed by atoms with Crippen LogP contribution in [0.15, 0.2) is 54.6 Å². The van der Waals surface area contributed by atoms with E-state index in [-0.39, 0.29) is 50.4 Å². The molecule has 0 aromatic heterocycles. The maximum atomic E-state index is 14.6. The van der Waals surface area contributed by atoms with E-state index in [4.69, 9.17) is 9.47 Å². The molecule has 10 nitrogen and oxygen atoms in total. The molecule has 1 spiro atoms. The van der Waals surface area contributed by atoms with Gasteiger partial charge in [0.1, 0.15) is 23.7 Å². The molecule has 7 atom stereocenters. The number of aliphatic hydroxyl groups excluding tert-OH is 1. The highest BCUT2D eigenvalue weighted by Crippen LogP contribution is 2.56. The van der Waals surface area contributed by atoms with Gasteiger partial charge in [-0.1, -0.05) is 68.5 Å². The predicted molar refractivity (Wildman–Crippen MR) is 149 cm³/mol. The molecule has 5 bridgehead atoms. The molecule has 0 unspecified atom stereocenters. The van der Waals surface area contributed by atoms with E-state index >= 15 is 0 Å². The molecule has 2 N–H and O–H groups in total. The number of carbonyl (C=O) groups excluding carboxylic acids is 4. The van der Waals surface area contributed by atoms with E-state index in [1.807, 2.05) is 56.3 Å². The molecule has 2 saturated heterocycles. The quantitative estimate of drug-likeness (QED) is 0.410. The van der Waals surface area contributed by atoms with Gasteiger partial charge in [0, 0.05) is 19.5 Å². The minimum atomic E-state index is -1.37. The van der Waals surface area contributed by atoms with Crippen molar-refractivity contribution in [2.24, 2.45) is 17.8 Å². The number of hydrogen-bond donors (Lipinski definition) is 2. The Morgan fingerprint density at radius 1 is 1.10 bits per heavy atom. The molecule has 0 aliphatic carbocycles. The van der Waals surface area contributed by atoms with Crippen LogP contribution in [-0.4, -0.2) is 88.2 Å². The molecule has 4 aliphatic heterocycles. The molecular weight excluding hydrogens is 526 g/mol. The van der Waals surface area contributed by atoms with Gasteiger partial charge >= 0.3 is 5.97 Å². The monoisotopic (exact) mass is 565 g/mol. The van der Waals surface area contributed by atoms with Crippen LogP contribution in [0.3, 0.4) is 0 Å². The van der Waals surface area contributed by atoms with Gasteiger partial charge in [0.2, 0.25) is 17.7 Å². The van der Waals surface area contributed by atoms with Crippen molar-refractivity contribution in [3.05, 3.63) is 60.2 Å². The van der Waals surface area contributed by atoms with E-state index in [2.05, 4.69) is 5.32 Å². The van der Waals surface area contributed by atoms with E-state index in [9.17, 15) is 24.3 Å². The Hall–Kier alpha value is -3.50. The zero-order chi connectivity index (χ0) is 29.3. The number of esters is 1. The topological polar surface area (TPSA) is 125 Å². The number of likely N-dealkylation sites (tertiary alicyclic amines) is 1. The number of carbonyl (C=O) groups is 4. The smallest absolute Gasteiger partial charge is 0.313 e. The second kappa shape index (κ2) is 11.8. The van der Waals surface area contributed by atoms with Crippen LogP contribution >= 0.6 is 0 Å². The van der Waals surface area contributed by atoms with Crippen LogP contribution in [0.4, 0.5) is 0 Å². The second-order valence-corrected chi connectivity index (χ2v) is 11.7. The molecule has 41 heavy (non-hydrogen) atoms.